The van der Waals surface area contributed by atoms with Gasteiger partial charge < -0.3 is 15.2 Å². The van der Waals surface area contributed by atoms with Gasteiger partial charge >= 0.3 is 0 Å². The van der Waals surface area contributed by atoms with Crippen LogP contribution in [0.15, 0.2) is 30.6 Å². The van der Waals surface area contributed by atoms with Gasteiger partial charge in [0.2, 0.25) is 0 Å². The second-order valence-corrected chi connectivity index (χ2v) is 6.87. The number of aromatic nitrogens is 2. The number of hydrogen-bond acceptors (Lipinski definition) is 6. The molecule has 0 aliphatic heterocycles. The lowest BCUT2D eigenvalue weighted by Gasteiger charge is -2.10. The minimum absolute atomic E-state index is 0.0414. The van der Waals surface area contributed by atoms with E-state index in [1.807, 2.05) is 0 Å². The number of nitrogens with one attached hydrogen (secondary N) is 1. The highest BCUT2D eigenvalue weighted by atomic mass is 32.1. The first kappa shape index (κ1) is 17.8. The standard InChI is InChI=1S/C19H23N3O2S/c1-3-15-16(14-6-4-13(2)5-7-14)17-18(20-8-10-24-11-9-23)21-12-22-19(17)25-15/h4-7,12,23H,3,8-11H2,1-2H3,(H,20,21,22). The van der Waals surface area contributed by atoms with Gasteiger partial charge in [-0.3, -0.25) is 0 Å². The summed E-state index contributed by atoms with van der Waals surface area (Å²) in [6, 6.07) is 8.60. The SMILES string of the molecule is CCc1sc2ncnc(NCCOCCO)c2c1-c1ccc(C)cc1. The molecule has 0 saturated carbocycles. The minimum Gasteiger partial charge on any atom is -0.394 e. The maximum Gasteiger partial charge on any atom is 0.138 e. The first-order valence-electron chi connectivity index (χ1n) is 8.50. The summed E-state index contributed by atoms with van der Waals surface area (Å²) in [7, 11) is 0. The van der Waals surface area contributed by atoms with Crippen molar-refractivity contribution < 1.29 is 9.84 Å². The van der Waals surface area contributed by atoms with Crippen molar-refractivity contribution in [2.24, 2.45) is 0 Å². The highest BCUT2D eigenvalue weighted by Crippen LogP contribution is 2.41. The highest BCUT2D eigenvalue weighted by molar-refractivity contribution is 7.19. The fourth-order valence-corrected chi connectivity index (χ4v) is 3.90. The van der Waals surface area contributed by atoms with Gasteiger partial charge in [0, 0.05) is 17.0 Å². The average molecular weight is 357 g/mol. The van der Waals surface area contributed by atoms with E-state index >= 15 is 0 Å². The Bertz CT molecular complexity index is 831. The topological polar surface area (TPSA) is 67.3 Å². The van der Waals surface area contributed by atoms with Crippen molar-refractivity contribution in [3.05, 3.63) is 41.0 Å². The summed E-state index contributed by atoms with van der Waals surface area (Å²) in [5, 5.41) is 13.2. The number of benzene rings is 1. The van der Waals surface area contributed by atoms with E-state index in [1.54, 1.807) is 17.7 Å². The number of aliphatic hydroxyl groups is 1. The van der Waals surface area contributed by atoms with E-state index in [2.05, 4.69) is 53.4 Å². The van der Waals surface area contributed by atoms with Crippen LogP contribution >= 0.6 is 11.3 Å². The molecule has 3 rings (SSSR count). The molecule has 1 aromatic carbocycles. The zero-order chi connectivity index (χ0) is 17.6. The molecular formula is C19H23N3O2S. The molecule has 25 heavy (non-hydrogen) atoms. The highest BCUT2D eigenvalue weighted by Gasteiger charge is 2.17. The minimum atomic E-state index is 0.0414. The van der Waals surface area contributed by atoms with Gasteiger partial charge in [0.1, 0.15) is 17.0 Å². The number of thiophene rings is 1. The van der Waals surface area contributed by atoms with Crippen molar-refractivity contribution in [2.45, 2.75) is 20.3 Å². The molecule has 0 spiro atoms. The first-order chi connectivity index (χ1) is 12.2. The Morgan fingerprint density at radius 2 is 1.96 bits per heavy atom. The summed E-state index contributed by atoms with van der Waals surface area (Å²) in [6.07, 6.45) is 2.57. The molecule has 0 bridgehead atoms. The predicted octanol–water partition coefficient (Wildman–Crippen LogP) is 3.65. The Morgan fingerprint density at radius 3 is 2.68 bits per heavy atom. The molecule has 3 aromatic rings. The van der Waals surface area contributed by atoms with Crippen LogP contribution in [0, 0.1) is 6.92 Å². The summed E-state index contributed by atoms with van der Waals surface area (Å²) in [6.45, 7) is 5.82. The van der Waals surface area contributed by atoms with Gasteiger partial charge in [-0.25, -0.2) is 9.97 Å². The molecule has 0 aliphatic rings. The number of nitrogens with zero attached hydrogens (tertiary/aromatic N) is 2. The molecule has 0 aliphatic carbocycles. The van der Waals surface area contributed by atoms with Crippen LogP contribution < -0.4 is 5.32 Å². The number of fused-ring (bicyclic) bond motifs is 1. The monoisotopic (exact) mass is 357 g/mol. The molecule has 6 heteroatoms. The quantitative estimate of drug-likeness (QED) is 0.602. The van der Waals surface area contributed by atoms with Crippen molar-refractivity contribution in [1.82, 2.24) is 9.97 Å². The van der Waals surface area contributed by atoms with Crippen LogP contribution in [0.4, 0.5) is 5.82 Å². The average Bonchev–Trinajstić information content (AvgIpc) is 3.01. The molecule has 2 N–H and O–H groups in total. The lowest BCUT2D eigenvalue weighted by molar-refractivity contribution is 0.0992. The van der Waals surface area contributed by atoms with Crippen LogP contribution in [0.2, 0.25) is 0 Å². The molecular weight excluding hydrogens is 334 g/mol. The van der Waals surface area contributed by atoms with Crippen LogP contribution in [-0.4, -0.2) is 41.4 Å². The summed E-state index contributed by atoms with van der Waals surface area (Å²) in [5.74, 6) is 0.837. The second-order valence-electron chi connectivity index (χ2n) is 5.79. The number of aryl methyl sites for hydroxylation is 2. The molecule has 5 nitrogen and oxygen atoms in total. The van der Waals surface area contributed by atoms with E-state index in [9.17, 15) is 0 Å². The summed E-state index contributed by atoms with van der Waals surface area (Å²) < 4.78 is 5.32. The molecule has 0 unspecified atom stereocenters. The van der Waals surface area contributed by atoms with Crippen LogP contribution in [0.3, 0.4) is 0 Å². The number of anilines is 1. The normalized spacial score (nSPS) is 11.2. The summed E-state index contributed by atoms with van der Waals surface area (Å²) in [4.78, 5) is 11.3. The Labute approximate surface area is 151 Å². The van der Waals surface area contributed by atoms with Gasteiger partial charge in [-0.05, 0) is 18.9 Å². The largest absolute Gasteiger partial charge is 0.394 e. The molecule has 2 aromatic heterocycles. The van der Waals surface area contributed by atoms with Gasteiger partial charge in [0.25, 0.3) is 0 Å². The van der Waals surface area contributed by atoms with Crippen molar-refractivity contribution >= 4 is 27.4 Å². The lowest BCUT2D eigenvalue weighted by Crippen LogP contribution is -2.12. The lowest BCUT2D eigenvalue weighted by atomic mass is 10.0. The second kappa shape index (κ2) is 8.38. The fourth-order valence-electron chi connectivity index (χ4n) is 2.80. The molecule has 0 saturated heterocycles. The number of rotatable bonds is 8. The molecule has 0 fully saturated rings. The Kier molecular flexibility index (Phi) is 5.96. The zero-order valence-corrected chi connectivity index (χ0v) is 15.4. The van der Waals surface area contributed by atoms with Gasteiger partial charge in [0.15, 0.2) is 0 Å². The van der Waals surface area contributed by atoms with E-state index < -0.39 is 0 Å². The first-order valence-corrected chi connectivity index (χ1v) is 9.32. The summed E-state index contributed by atoms with van der Waals surface area (Å²) in [5.41, 5.74) is 3.67. The molecule has 0 atom stereocenters. The van der Waals surface area contributed by atoms with Crippen LogP contribution in [0.1, 0.15) is 17.4 Å². The van der Waals surface area contributed by atoms with Gasteiger partial charge in [-0.15, -0.1) is 11.3 Å². The van der Waals surface area contributed by atoms with Crippen LogP contribution in [-0.2, 0) is 11.2 Å². The smallest absolute Gasteiger partial charge is 0.138 e. The fraction of sp³-hybridized carbons (Fsp3) is 0.368. The number of ether oxygens (including phenoxy) is 1. The van der Waals surface area contributed by atoms with Crippen molar-refractivity contribution in [2.75, 3.05) is 31.7 Å². The molecule has 132 valence electrons. The third-order valence-corrected chi connectivity index (χ3v) is 5.24. The number of aliphatic hydroxyl groups excluding tert-OH is 1. The molecule has 0 radical (unpaired) electrons. The van der Waals surface area contributed by atoms with Gasteiger partial charge in [0.05, 0.1) is 25.2 Å². The van der Waals surface area contributed by atoms with Crippen LogP contribution in [0.25, 0.3) is 21.3 Å². The maximum absolute atomic E-state index is 8.77. The van der Waals surface area contributed by atoms with E-state index in [-0.39, 0.29) is 6.61 Å². The van der Waals surface area contributed by atoms with Crippen molar-refractivity contribution in [3.8, 4) is 11.1 Å². The Morgan fingerprint density at radius 1 is 1.16 bits per heavy atom. The van der Waals surface area contributed by atoms with Gasteiger partial charge in [-0.1, -0.05) is 36.8 Å². The van der Waals surface area contributed by atoms with Crippen molar-refractivity contribution in [3.63, 3.8) is 0 Å². The van der Waals surface area contributed by atoms with E-state index in [4.69, 9.17) is 9.84 Å². The number of hydrogen-bond donors (Lipinski definition) is 2. The van der Waals surface area contributed by atoms with Crippen molar-refractivity contribution in [1.29, 1.82) is 0 Å². The summed E-state index contributed by atoms with van der Waals surface area (Å²) >= 11 is 1.73. The van der Waals surface area contributed by atoms with E-state index in [1.165, 1.54) is 21.6 Å². The van der Waals surface area contributed by atoms with Crippen LogP contribution in [0.5, 0.6) is 0 Å². The zero-order valence-electron chi connectivity index (χ0n) is 14.6. The Balaban J connectivity index is 1.98. The van der Waals surface area contributed by atoms with Gasteiger partial charge in [-0.2, -0.15) is 0 Å². The maximum atomic E-state index is 8.77. The van der Waals surface area contributed by atoms with E-state index in [0.717, 1.165) is 22.5 Å². The molecule has 0 amide bonds. The third-order valence-electron chi connectivity index (χ3n) is 4.00. The third kappa shape index (κ3) is 3.98. The molecule has 2 heterocycles. The predicted molar refractivity (Wildman–Crippen MR) is 103 cm³/mol. The van der Waals surface area contributed by atoms with E-state index in [0.29, 0.717) is 19.8 Å². The Hall–Kier alpha value is -2.02.